The lowest BCUT2D eigenvalue weighted by atomic mass is 9.97. The summed E-state index contributed by atoms with van der Waals surface area (Å²) < 4.78 is 5.46. The summed E-state index contributed by atoms with van der Waals surface area (Å²) >= 11 is 0. The first-order chi connectivity index (χ1) is 11.2. The summed E-state index contributed by atoms with van der Waals surface area (Å²) in [5.74, 6) is -0.00566. The Morgan fingerprint density at radius 2 is 1.92 bits per heavy atom. The molecule has 0 saturated carbocycles. The number of nitrogens with zero attached hydrogens (tertiary/aromatic N) is 1. The van der Waals surface area contributed by atoms with Crippen LogP contribution in [0.5, 0.6) is 0 Å². The highest BCUT2D eigenvalue weighted by molar-refractivity contribution is 5.95. The van der Waals surface area contributed by atoms with Gasteiger partial charge < -0.3 is 20.3 Å². The topological polar surface area (TPSA) is 70.7 Å². The van der Waals surface area contributed by atoms with Crippen LogP contribution >= 0.6 is 0 Å². The molecule has 1 atom stereocenters. The molecule has 3 amide bonds. The fourth-order valence-corrected chi connectivity index (χ4v) is 2.40. The van der Waals surface area contributed by atoms with Crippen molar-refractivity contribution in [3.63, 3.8) is 0 Å². The van der Waals surface area contributed by atoms with Crippen molar-refractivity contribution in [2.75, 3.05) is 31.6 Å². The SMILES string of the molecule is CC1CN(C(=O)c2ccc(NC(=O)NCC(C)(C)C)cc2)CCO1. The molecule has 0 radical (unpaired) electrons. The fourth-order valence-electron chi connectivity index (χ4n) is 2.40. The maximum Gasteiger partial charge on any atom is 0.319 e. The highest BCUT2D eigenvalue weighted by atomic mass is 16.5. The van der Waals surface area contributed by atoms with Gasteiger partial charge in [-0.2, -0.15) is 0 Å². The van der Waals surface area contributed by atoms with Gasteiger partial charge in [0.2, 0.25) is 0 Å². The smallest absolute Gasteiger partial charge is 0.319 e. The third-order valence-corrected chi connectivity index (χ3v) is 3.70. The molecule has 1 aromatic carbocycles. The van der Waals surface area contributed by atoms with E-state index in [1.165, 1.54) is 0 Å². The third-order valence-electron chi connectivity index (χ3n) is 3.70. The summed E-state index contributed by atoms with van der Waals surface area (Å²) in [5, 5.41) is 5.60. The van der Waals surface area contributed by atoms with Crippen molar-refractivity contribution in [1.82, 2.24) is 10.2 Å². The molecule has 1 fully saturated rings. The molecule has 1 aliphatic heterocycles. The molecule has 0 bridgehead atoms. The Morgan fingerprint density at radius 1 is 1.25 bits per heavy atom. The van der Waals surface area contributed by atoms with Crippen LogP contribution in [0.4, 0.5) is 10.5 Å². The Kier molecular flexibility index (Phi) is 5.83. The Morgan fingerprint density at radius 3 is 2.50 bits per heavy atom. The van der Waals surface area contributed by atoms with Crippen molar-refractivity contribution < 1.29 is 14.3 Å². The highest BCUT2D eigenvalue weighted by Crippen LogP contribution is 2.14. The minimum atomic E-state index is -0.244. The normalized spacial score (nSPS) is 18.2. The molecule has 2 rings (SSSR count). The third kappa shape index (κ3) is 5.53. The molecule has 6 heteroatoms. The fraction of sp³-hybridized carbons (Fsp3) is 0.556. The van der Waals surface area contributed by atoms with Gasteiger partial charge in [-0.05, 0) is 36.6 Å². The zero-order chi connectivity index (χ0) is 17.7. The number of carbonyl (C=O) groups is 2. The molecule has 0 aliphatic carbocycles. The largest absolute Gasteiger partial charge is 0.375 e. The zero-order valence-electron chi connectivity index (χ0n) is 14.9. The molecule has 1 heterocycles. The lowest BCUT2D eigenvalue weighted by molar-refractivity contribution is -0.0124. The quantitative estimate of drug-likeness (QED) is 0.893. The second kappa shape index (κ2) is 7.66. The van der Waals surface area contributed by atoms with E-state index in [0.29, 0.717) is 37.5 Å². The summed E-state index contributed by atoms with van der Waals surface area (Å²) in [6.45, 7) is 10.5. The van der Waals surface area contributed by atoms with E-state index in [1.54, 1.807) is 29.2 Å². The van der Waals surface area contributed by atoms with Gasteiger partial charge in [0.1, 0.15) is 0 Å². The Balaban J connectivity index is 1.90. The maximum absolute atomic E-state index is 12.5. The molecule has 1 aromatic rings. The van der Waals surface area contributed by atoms with Gasteiger partial charge in [-0.15, -0.1) is 0 Å². The first kappa shape index (κ1) is 18.3. The molecule has 1 saturated heterocycles. The van der Waals surface area contributed by atoms with E-state index in [2.05, 4.69) is 31.4 Å². The molecule has 24 heavy (non-hydrogen) atoms. The average Bonchev–Trinajstić information content (AvgIpc) is 2.52. The minimum Gasteiger partial charge on any atom is -0.375 e. The number of rotatable bonds is 3. The summed E-state index contributed by atoms with van der Waals surface area (Å²) in [7, 11) is 0. The molecule has 1 aliphatic rings. The molecule has 1 unspecified atom stereocenters. The highest BCUT2D eigenvalue weighted by Gasteiger charge is 2.22. The number of ether oxygens (including phenoxy) is 1. The number of nitrogens with one attached hydrogen (secondary N) is 2. The number of amides is 3. The van der Waals surface area contributed by atoms with Gasteiger partial charge in [-0.1, -0.05) is 20.8 Å². The molecular weight excluding hydrogens is 306 g/mol. The monoisotopic (exact) mass is 333 g/mol. The molecule has 2 N–H and O–H groups in total. The van der Waals surface area contributed by atoms with E-state index in [0.717, 1.165) is 0 Å². The van der Waals surface area contributed by atoms with Crippen LogP contribution in [0.15, 0.2) is 24.3 Å². The Hall–Kier alpha value is -2.08. The first-order valence-corrected chi connectivity index (χ1v) is 8.30. The van der Waals surface area contributed by atoms with Gasteiger partial charge in [0.15, 0.2) is 0 Å². The van der Waals surface area contributed by atoms with Crippen LogP contribution in [-0.2, 0) is 4.74 Å². The van der Waals surface area contributed by atoms with Crippen molar-refractivity contribution in [3.8, 4) is 0 Å². The van der Waals surface area contributed by atoms with Crippen LogP contribution in [-0.4, -0.2) is 49.2 Å². The first-order valence-electron chi connectivity index (χ1n) is 8.30. The number of hydrogen-bond acceptors (Lipinski definition) is 3. The van der Waals surface area contributed by atoms with Gasteiger partial charge in [0.25, 0.3) is 5.91 Å². The van der Waals surface area contributed by atoms with Crippen molar-refractivity contribution in [1.29, 1.82) is 0 Å². The van der Waals surface area contributed by atoms with Crippen LogP contribution in [0.3, 0.4) is 0 Å². The number of carbonyl (C=O) groups excluding carboxylic acids is 2. The van der Waals surface area contributed by atoms with E-state index in [4.69, 9.17) is 4.74 Å². The van der Waals surface area contributed by atoms with Crippen LogP contribution in [0.2, 0.25) is 0 Å². The van der Waals surface area contributed by atoms with Gasteiger partial charge >= 0.3 is 6.03 Å². The summed E-state index contributed by atoms with van der Waals surface area (Å²) in [5.41, 5.74) is 1.31. The second-order valence-corrected chi connectivity index (χ2v) is 7.38. The average molecular weight is 333 g/mol. The summed E-state index contributed by atoms with van der Waals surface area (Å²) in [6.07, 6.45) is 0.0650. The van der Waals surface area contributed by atoms with Crippen LogP contribution in [0, 0.1) is 5.41 Å². The Labute approximate surface area is 143 Å². The maximum atomic E-state index is 12.5. The van der Waals surface area contributed by atoms with Crippen LogP contribution in [0.25, 0.3) is 0 Å². The molecule has 6 nitrogen and oxygen atoms in total. The van der Waals surface area contributed by atoms with E-state index in [1.807, 2.05) is 6.92 Å². The molecular formula is C18H27N3O3. The molecule has 132 valence electrons. The van der Waals surface area contributed by atoms with Crippen LogP contribution < -0.4 is 10.6 Å². The van der Waals surface area contributed by atoms with E-state index < -0.39 is 0 Å². The minimum absolute atomic E-state index is 0.00566. The van der Waals surface area contributed by atoms with Crippen molar-refractivity contribution in [3.05, 3.63) is 29.8 Å². The number of anilines is 1. The van der Waals surface area contributed by atoms with Gasteiger partial charge in [0.05, 0.1) is 12.7 Å². The van der Waals surface area contributed by atoms with Crippen molar-refractivity contribution >= 4 is 17.6 Å². The zero-order valence-corrected chi connectivity index (χ0v) is 14.9. The molecule has 0 aromatic heterocycles. The molecule has 0 spiro atoms. The number of hydrogen-bond donors (Lipinski definition) is 2. The summed E-state index contributed by atoms with van der Waals surface area (Å²) in [4.78, 5) is 26.1. The van der Waals surface area contributed by atoms with Crippen LogP contribution in [0.1, 0.15) is 38.1 Å². The lowest BCUT2D eigenvalue weighted by Gasteiger charge is -2.31. The van der Waals surface area contributed by atoms with Gasteiger partial charge in [-0.25, -0.2) is 4.79 Å². The second-order valence-electron chi connectivity index (χ2n) is 7.38. The lowest BCUT2D eigenvalue weighted by Crippen LogP contribution is -2.44. The van der Waals surface area contributed by atoms with E-state index in [-0.39, 0.29) is 23.5 Å². The predicted octanol–water partition coefficient (Wildman–Crippen LogP) is 2.72. The van der Waals surface area contributed by atoms with E-state index in [9.17, 15) is 9.59 Å². The predicted molar refractivity (Wildman–Crippen MR) is 94.2 cm³/mol. The van der Waals surface area contributed by atoms with Crippen molar-refractivity contribution in [2.24, 2.45) is 5.41 Å². The number of morpholine rings is 1. The standard InChI is InChI=1S/C18H27N3O3/c1-13-11-21(9-10-24-13)16(22)14-5-7-15(8-6-14)20-17(23)19-12-18(2,3)4/h5-8,13H,9-12H2,1-4H3,(H2,19,20,23). The van der Waals surface area contributed by atoms with Gasteiger partial charge in [0, 0.05) is 30.9 Å². The number of benzene rings is 1. The summed E-state index contributed by atoms with van der Waals surface area (Å²) in [6, 6.07) is 6.72. The Bertz CT molecular complexity index is 578. The number of urea groups is 1. The van der Waals surface area contributed by atoms with Crippen molar-refractivity contribution in [2.45, 2.75) is 33.8 Å². The van der Waals surface area contributed by atoms with Gasteiger partial charge in [-0.3, -0.25) is 4.79 Å². The van der Waals surface area contributed by atoms with E-state index >= 15 is 0 Å².